The van der Waals surface area contributed by atoms with Gasteiger partial charge < -0.3 is 10.6 Å². The average molecular weight is 226 g/mol. The molecule has 3 heteroatoms. The molecule has 94 valence electrons. The zero-order valence-corrected chi connectivity index (χ0v) is 10.7. The van der Waals surface area contributed by atoms with Gasteiger partial charge in [0, 0.05) is 19.0 Å². The Labute approximate surface area is 99.4 Å². The van der Waals surface area contributed by atoms with Crippen molar-refractivity contribution in [2.45, 2.75) is 57.9 Å². The fourth-order valence-electron chi connectivity index (χ4n) is 2.47. The second kappa shape index (κ2) is 6.89. The summed E-state index contributed by atoms with van der Waals surface area (Å²) >= 11 is 0. The van der Waals surface area contributed by atoms with Crippen LogP contribution in [-0.4, -0.2) is 30.4 Å². The molecule has 0 aromatic rings. The fraction of sp³-hybridized carbons (Fsp3) is 0.923. The Balaban J connectivity index is 2.47. The van der Waals surface area contributed by atoms with E-state index in [0.29, 0.717) is 12.5 Å². The molecule has 1 unspecified atom stereocenters. The van der Waals surface area contributed by atoms with Gasteiger partial charge in [-0.2, -0.15) is 0 Å². The lowest BCUT2D eigenvalue weighted by Crippen LogP contribution is -2.40. The maximum atomic E-state index is 12.3. The predicted molar refractivity (Wildman–Crippen MR) is 67.1 cm³/mol. The molecule has 16 heavy (non-hydrogen) atoms. The van der Waals surface area contributed by atoms with Gasteiger partial charge in [-0.1, -0.05) is 25.7 Å². The Bertz CT molecular complexity index is 210. The molecule has 1 amide bonds. The summed E-state index contributed by atoms with van der Waals surface area (Å²) in [6, 6.07) is 0.278. The van der Waals surface area contributed by atoms with Crippen LogP contribution in [0.5, 0.6) is 0 Å². The second-order valence-corrected chi connectivity index (χ2v) is 5.06. The molecule has 0 saturated heterocycles. The van der Waals surface area contributed by atoms with Crippen LogP contribution >= 0.6 is 0 Å². The summed E-state index contributed by atoms with van der Waals surface area (Å²) < 4.78 is 0. The molecular formula is C13H26N2O. The third-order valence-electron chi connectivity index (χ3n) is 3.80. The monoisotopic (exact) mass is 226 g/mol. The topological polar surface area (TPSA) is 46.3 Å². The van der Waals surface area contributed by atoms with Gasteiger partial charge in [0.05, 0.1) is 0 Å². The van der Waals surface area contributed by atoms with Crippen molar-refractivity contribution in [3.63, 3.8) is 0 Å². The summed E-state index contributed by atoms with van der Waals surface area (Å²) in [5.74, 6) is 0.607. The largest absolute Gasteiger partial charge is 0.343 e. The third kappa shape index (κ3) is 3.78. The maximum Gasteiger partial charge on any atom is 0.225 e. The van der Waals surface area contributed by atoms with E-state index in [1.807, 2.05) is 11.9 Å². The van der Waals surface area contributed by atoms with Crippen LogP contribution in [0.15, 0.2) is 0 Å². The molecule has 1 fully saturated rings. The second-order valence-electron chi connectivity index (χ2n) is 5.06. The number of carbonyl (C=O) groups excluding carboxylic acids is 1. The molecule has 0 radical (unpaired) electrons. The van der Waals surface area contributed by atoms with Gasteiger partial charge in [0.1, 0.15) is 0 Å². The lowest BCUT2D eigenvalue weighted by atomic mass is 9.98. The minimum absolute atomic E-state index is 0.271. The zero-order chi connectivity index (χ0) is 12.0. The van der Waals surface area contributed by atoms with Gasteiger partial charge in [-0.3, -0.25) is 4.79 Å². The molecule has 0 spiro atoms. The lowest BCUT2D eigenvalue weighted by molar-refractivity contribution is -0.136. The first-order valence-electron chi connectivity index (χ1n) is 6.63. The molecule has 1 rings (SSSR count). The van der Waals surface area contributed by atoms with E-state index in [1.165, 1.54) is 25.7 Å². The number of rotatable bonds is 4. The summed E-state index contributed by atoms with van der Waals surface area (Å²) in [4.78, 5) is 14.2. The summed E-state index contributed by atoms with van der Waals surface area (Å²) in [6.45, 7) is 2.74. The fourth-order valence-corrected chi connectivity index (χ4v) is 2.47. The van der Waals surface area contributed by atoms with E-state index in [-0.39, 0.29) is 12.0 Å². The van der Waals surface area contributed by atoms with Crippen LogP contribution in [0.25, 0.3) is 0 Å². The smallest absolute Gasteiger partial charge is 0.225 e. The van der Waals surface area contributed by atoms with Crippen molar-refractivity contribution < 1.29 is 4.79 Å². The van der Waals surface area contributed by atoms with Crippen molar-refractivity contribution in [3.8, 4) is 0 Å². The van der Waals surface area contributed by atoms with Crippen LogP contribution in [0, 0.1) is 5.92 Å². The van der Waals surface area contributed by atoms with Gasteiger partial charge in [0.15, 0.2) is 0 Å². The van der Waals surface area contributed by atoms with Gasteiger partial charge in [-0.25, -0.2) is 0 Å². The van der Waals surface area contributed by atoms with Gasteiger partial charge in [-0.15, -0.1) is 0 Å². The van der Waals surface area contributed by atoms with E-state index >= 15 is 0 Å². The Morgan fingerprint density at radius 3 is 2.38 bits per heavy atom. The normalized spacial score (nSPS) is 20.2. The van der Waals surface area contributed by atoms with Crippen molar-refractivity contribution in [1.82, 2.24) is 4.90 Å². The van der Waals surface area contributed by atoms with Crippen LogP contribution in [0.3, 0.4) is 0 Å². The first kappa shape index (κ1) is 13.5. The van der Waals surface area contributed by atoms with Crippen LogP contribution in [0.2, 0.25) is 0 Å². The Hall–Kier alpha value is -0.570. The number of carbonyl (C=O) groups is 1. The van der Waals surface area contributed by atoms with E-state index < -0.39 is 0 Å². The molecule has 3 nitrogen and oxygen atoms in total. The van der Waals surface area contributed by atoms with E-state index in [1.54, 1.807) is 0 Å². The highest BCUT2D eigenvalue weighted by molar-refractivity contribution is 5.78. The highest BCUT2D eigenvalue weighted by Gasteiger charge is 2.25. The van der Waals surface area contributed by atoms with Crippen molar-refractivity contribution in [1.29, 1.82) is 0 Å². The Kier molecular flexibility index (Phi) is 5.81. The van der Waals surface area contributed by atoms with Gasteiger partial charge in [-0.05, 0) is 32.7 Å². The predicted octanol–water partition coefficient (Wildman–Crippen LogP) is 2.15. The highest BCUT2D eigenvalue weighted by atomic mass is 16.2. The molecule has 0 heterocycles. The number of amides is 1. The molecule has 1 aliphatic rings. The Morgan fingerprint density at radius 2 is 1.88 bits per heavy atom. The molecule has 0 bridgehead atoms. The molecule has 0 aliphatic heterocycles. The van der Waals surface area contributed by atoms with Gasteiger partial charge in [0.2, 0.25) is 5.91 Å². The van der Waals surface area contributed by atoms with Crippen molar-refractivity contribution in [3.05, 3.63) is 0 Å². The molecular weight excluding hydrogens is 200 g/mol. The number of hydrogen-bond acceptors (Lipinski definition) is 2. The molecule has 1 saturated carbocycles. The summed E-state index contributed by atoms with van der Waals surface area (Å²) in [5, 5.41) is 0. The van der Waals surface area contributed by atoms with E-state index in [9.17, 15) is 4.79 Å². The van der Waals surface area contributed by atoms with Crippen molar-refractivity contribution in [2.24, 2.45) is 11.7 Å². The first-order chi connectivity index (χ1) is 7.66. The lowest BCUT2D eigenvalue weighted by Gasteiger charge is -2.28. The molecule has 0 aromatic carbocycles. The summed E-state index contributed by atoms with van der Waals surface area (Å²) in [7, 11) is 1.92. The quantitative estimate of drug-likeness (QED) is 0.747. The molecule has 2 N–H and O–H groups in total. The van der Waals surface area contributed by atoms with E-state index in [2.05, 4.69) is 6.92 Å². The average Bonchev–Trinajstić information content (AvgIpc) is 2.56. The van der Waals surface area contributed by atoms with Crippen LogP contribution in [0.4, 0.5) is 0 Å². The van der Waals surface area contributed by atoms with E-state index in [0.717, 1.165) is 19.3 Å². The minimum Gasteiger partial charge on any atom is -0.343 e. The third-order valence-corrected chi connectivity index (χ3v) is 3.80. The van der Waals surface area contributed by atoms with Crippen LogP contribution in [0.1, 0.15) is 51.9 Å². The number of nitrogens with zero attached hydrogens (tertiary/aromatic N) is 1. The van der Waals surface area contributed by atoms with Crippen LogP contribution < -0.4 is 5.73 Å². The number of hydrogen-bond donors (Lipinski definition) is 1. The van der Waals surface area contributed by atoms with E-state index in [4.69, 9.17) is 5.73 Å². The van der Waals surface area contributed by atoms with Crippen molar-refractivity contribution in [2.75, 3.05) is 13.6 Å². The minimum atomic E-state index is 0.271. The standard InChI is InChI=1S/C13H26N2O/c1-11(9-10-14)15(2)13(16)12-7-5-3-4-6-8-12/h11-12H,3-10,14H2,1-2H3. The first-order valence-corrected chi connectivity index (χ1v) is 6.63. The SMILES string of the molecule is CC(CCN)N(C)C(=O)C1CCCCCC1. The summed E-state index contributed by atoms with van der Waals surface area (Å²) in [5.41, 5.74) is 5.53. The Morgan fingerprint density at radius 1 is 1.31 bits per heavy atom. The zero-order valence-electron chi connectivity index (χ0n) is 10.7. The molecule has 0 aromatic heterocycles. The maximum absolute atomic E-state index is 12.3. The van der Waals surface area contributed by atoms with Crippen molar-refractivity contribution >= 4 is 5.91 Å². The van der Waals surface area contributed by atoms with Gasteiger partial charge >= 0.3 is 0 Å². The molecule has 1 atom stereocenters. The van der Waals surface area contributed by atoms with Crippen LogP contribution in [-0.2, 0) is 4.79 Å². The molecule has 1 aliphatic carbocycles. The highest BCUT2D eigenvalue weighted by Crippen LogP contribution is 2.25. The number of nitrogens with two attached hydrogens (primary N) is 1. The summed E-state index contributed by atoms with van der Waals surface area (Å²) in [6.07, 6.45) is 8.09. The van der Waals surface area contributed by atoms with Gasteiger partial charge in [0.25, 0.3) is 0 Å².